The van der Waals surface area contributed by atoms with Crippen molar-refractivity contribution in [3.8, 4) is 0 Å². The highest BCUT2D eigenvalue weighted by Crippen LogP contribution is 2.12. The van der Waals surface area contributed by atoms with Gasteiger partial charge in [-0.1, -0.05) is 6.07 Å². The van der Waals surface area contributed by atoms with E-state index in [1.54, 1.807) is 24.3 Å². The van der Waals surface area contributed by atoms with Gasteiger partial charge in [-0.15, -0.1) is 0 Å². The number of aliphatic carboxylic acids is 1. The monoisotopic (exact) mass is 418 g/mol. The Morgan fingerprint density at radius 1 is 1.00 bits per heavy atom. The zero-order chi connectivity index (χ0) is 22.3. The zero-order valence-electron chi connectivity index (χ0n) is 15.7. The molecule has 0 aliphatic heterocycles. The minimum Gasteiger partial charge on any atom is -0.480 e. The molecule has 2 aromatic carbocycles. The first-order valence-corrected chi connectivity index (χ1v) is 8.86. The van der Waals surface area contributed by atoms with Crippen LogP contribution in [0.1, 0.15) is 24.0 Å². The Kier molecular flexibility index (Phi) is 7.56. The molecule has 6 N–H and O–H groups in total. The summed E-state index contributed by atoms with van der Waals surface area (Å²) in [6.45, 7) is 0. The summed E-state index contributed by atoms with van der Waals surface area (Å²) in [6.07, 6.45) is -0.705. The van der Waals surface area contributed by atoms with E-state index in [-0.39, 0.29) is 30.7 Å². The first kappa shape index (κ1) is 22.5. The standard InChI is InChI=1S/C20H20F2N4O4/c21-14-6-1-11(9-15(14)22)10-16(20(29)30)26-18(28)8-7-17(27)25-13-4-2-12(3-5-13)19(23)24/h1-6,9,16H,7-8,10H2,(H3,23,24)(H,25,27)(H,26,28)(H,29,30). The smallest absolute Gasteiger partial charge is 0.326 e. The fourth-order valence-electron chi connectivity index (χ4n) is 2.55. The van der Waals surface area contributed by atoms with Gasteiger partial charge in [-0.05, 0) is 42.0 Å². The van der Waals surface area contributed by atoms with Crippen LogP contribution in [0.3, 0.4) is 0 Å². The van der Waals surface area contributed by atoms with Crippen LogP contribution in [0.5, 0.6) is 0 Å². The molecule has 0 spiro atoms. The van der Waals surface area contributed by atoms with E-state index in [0.29, 0.717) is 11.3 Å². The van der Waals surface area contributed by atoms with E-state index in [2.05, 4.69) is 10.6 Å². The summed E-state index contributed by atoms with van der Waals surface area (Å²) in [4.78, 5) is 35.3. The van der Waals surface area contributed by atoms with E-state index in [1.807, 2.05) is 0 Å². The van der Waals surface area contributed by atoms with Gasteiger partial charge < -0.3 is 21.5 Å². The molecule has 158 valence electrons. The summed E-state index contributed by atoms with van der Waals surface area (Å²) >= 11 is 0. The third-order valence-corrected chi connectivity index (χ3v) is 4.12. The second-order valence-corrected chi connectivity index (χ2v) is 6.45. The molecule has 30 heavy (non-hydrogen) atoms. The van der Waals surface area contributed by atoms with Gasteiger partial charge in [0, 0.05) is 30.5 Å². The number of amides is 2. The first-order valence-electron chi connectivity index (χ1n) is 8.86. The Labute approximate surface area is 170 Å². The lowest BCUT2D eigenvalue weighted by Gasteiger charge is -2.15. The number of rotatable bonds is 9. The van der Waals surface area contributed by atoms with Crippen LogP contribution in [0.15, 0.2) is 42.5 Å². The molecular weight excluding hydrogens is 398 g/mol. The highest BCUT2D eigenvalue weighted by molar-refractivity contribution is 5.97. The predicted molar refractivity (Wildman–Crippen MR) is 105 cm³/mol. The molecule has 0 aliphatic carbocycles. The molecule has 0 saturated heterocycles. The van der Waals surface area contributed by atoms with E-state index >= 15 is 0 Å². The first-order chi connectivity index (χ1) is 14.2. The number of hydrogen-bond acceptors (Lipinski definition) is 4. The van der Waals surface area contributed by atoms with Crippen molar-refractivity contribution in [2.75, 3.05) is 5.32 Å². The maximum absolute atomic E-state index is 13.3. The normalized spacial score (nSPS) is 11.4. The van der Waals surface area contributed by atoms with Crippen LogP contribution in [-0.4, -0.2) is 34.8 Å². The molecule has 0 aliphatic rings. The fourth-order valence-corrected chi connectivity index (χ4v) is 2.55. The number of amidine groups is 1. The maximum atomic E-state index is 13.3. The number of anilines is 1. The number of benzene rings is 2. The minimum atomic E-state index is -1.36. The van der Waals surface area contributed by atoms with Gasteiger partial charge in [0.25, 0.3) is 0 Å². The van der Waals surface area contributed by atoms with Crippen molar-refractivity contribution in [2.24, 2.45) is 5.73 Å². The van der Waals surface area contributed by atoms with Gasteiger partial charge in [0.05, 0.1) is 0 Å². The van der Waals surface area contributed by atoms with Crippen molar-refractivity contribution in [1.82, 2.24) is 5.32 Å². The molecule has 2 rings (SSSR count). The summed E-state index contributed by atoms with van der Waals surface area (Å²) in [7, 11) is 0. The van der Waals surface area contributed by atoms with Crippen LogP contribution in [0.25, 0.3) is 0 Å². The topological polar surface area (TPSA) is 145 Å². The van der Waals surface area contributed by atoms with Crippen molar-refractivity contribution in [1.29, 1.82) is 5.41 Å². The summed E-state index contributed by atoms with van der Waals surface area (Å²) in [5.41, 5.74) is 6.49. The lowest BCUT2D eigenvalue weighted by Crippen LogP contribution is -2.42. The molecule has 0 fully saturated rings. The predicted octanol–water partition coefficient (Wildman–Crippen LogP) is 1.78. The largest absolute Gasteiger partial charge is 0.480 e. The number of nitrogen functional groups attached to an aromatic ring is 1. The van der Waals surface area contributed by atoms with Gasteiger partial charge in [-0.2, -0.15) is 0 Å². The molecule has 0 heterocycles. The minimum absolute atomic E-state index is 0.110. The number of nitrogens with one attached hydrogen (secondary N) is 3. The van der Waals surface area contributed by atoms with Crippen LogP contribution < -0.4 is 16.4 Å². The van der Waals surface area contributed by atoms with Crippen molar-refractivity contribution < 1.29 is 28.3 Å². The number of carbonyl (C=O) groups is 3. The highest BCUT2D eigenvalue weighted by atomic mass is 19.2. The molecular formula is C20H20F2N4O4. The van der Waals surface area contributed by atoms with E-state index in [0.717, 1.165) is 12.1 Å². The average Bonchev–Trinajstić information content (AvgIpc) is 2.69. The highest BCUT2D eigenvalue weighted by Gasteiger charge is 2.21. The summed E-state index contributed by atoms with van der Waals surface area (Å²) in [5.74, 6) is -4.77. The lowest BCUT2D eigenvalue weighted by molar-refractivity contribution is -0.141. The Morgan fingerprint density at radius 3 is 2.20 bits per heavy atom. The van der Waals surface area contributed by atoms with Gasteiger partial charge in [0.15, 0.2) is 11.6 Å². The summed E-state index contributed by atoms with van der Waals surface area (Å²) in [5, 5.41) is 21.4. The molecule has 1 unspecified atom stereocenters. The molecule has 0 radical (unpaired) electrons. The van der Waals surface area contributed by atoms with Crippen LogP contribution in [-0.2, 0) is 20.8 Å². The number of halogens is 2. The van der Waals surface area contributed by atoms with Crippen molar-refractivity contribution in [3.05, 3.63) is 65.2 Å². The van der Waals surface area contributed by atoms with Crippen molar-refractivity contribution in [3.63, 3.8) is 0 Å². The molecule has 8 nitrogen and oxygen atoms in total. The second-order valence-electron chi connectivity index (χ2n) is 6.45. The van der Waals surface area contributed by atoms with Gasteiger partial charge in [0.1, 0.15) is 11.9 Å². The summed E-state index contributed by atoms with van der Waals surface area (Å²) < 4.78 is 26.3. The third-order valence-electron chi connectivity index (χ3n) is 4.12. The lowest BCUT2D eigenvalue weighted by atomic mass is 10.1. The molecule has 0 saturated carbocycles. The molecule has 2 amide bonds. The fraction of sp³-hybridized carbons (Fsp3) is 0.200. The van der Waals surface area contributed by atoms with Crippen LogP contribution in [0.2, 0.25) is 0 Å². The number of hydrogen-bond donors (Lipinski definition) is 5. The molecule has 0 aromatic heterocycles. The van der Waals surface area contributed by atoms with Crippen molar-refractivity contribution >= 4 is 29.3 Å². The molecule has 2 aromatic rings. The Morgan fingerprint density at radius 2 is 1.63 bits per heavy atom. The number of carboxylic acid groups (broad SMARTS) is 1. The van der Waals surface area contributed by atoms with Gasteiger partial charge in [0.2, 0.25) is 11.8 Å². The quantitative estimate of drug-likeness (QED) is 0.311. The van der Waals surface area contributed by atoms with E-state index in [1.165, 1.54) is 6.07 Å². The molecule has 0 bridgehead atoms. The molecule has 1 atom stereocenters. The Hall–Kier alpha value is -3.82. The maximum Gasteiger partial charge on any atom is 0.326 e. The second kappa shape index (κ2) is 10.1. The van der Waals surface area contributed by atoms with E-state index < -0.39 is 35.5 Å². The van der Waals surface area contributed by atoms with Crippen LogP contribution in [0.4, 0.5) is 14.5 Å². The number of carbonyl (C=O) groups excluding carboxylic acids is 2. The van der Waals surface area contributed by atoms with Gasteiger partial charge in [-0.3, -0.25) is 15.0 Å². The van der Waals surface area contributed by atoms with Gasteiger partial charge >= 0.3 is 5.97 Å². The van der Waals surface area contributed by atoms with Crippen LogP contribution >= 0.6 is 0 Å². The number of nitrogens with two attached hydrogens (primary N) is 1. The van der Waals surface area contributed by atoms with Crippen LogP contribution in [0, 0.1) is 17.0 Å². The zero-order valence-corrected chi connectivity index (χ0v) is 15.7. The summed E-state index contributed by atoms with van der Waals surface area (Å²) in [6, 6.07) is 7.82. The Balaban J connectivity index is 1.86. The van der Waals surface area contributed by atoms with Gasteiger partial charge in [-0.25, -0.2) is 13.6 Å². The Bertz CT molecular complexity index is 964. The van der Waals surface area contributed by atoms with Crippen molar-refractivity contribution in [2.45, 2.75) is 25.3 Å². The SMILES string of the molecule is N=C(N)c1ccc(NC(=O)CCC(=O)NC(Cc2ccc(F)c(F)c2)C(=O)O)cc1. The third kappa shape index (κ3) is 6.66. The average molecular weight is 418 g/mol. The van der Waals surface area contributed by atoms with E-state index in [9.17, 15) is 28.3 Å². The molecule has 10 heteroatoms. The van der Waals surface area contributed by atoms with E-state index in [4.69, 9.17) is 11.1 Å². The number of carboxylic acids is 1.